The van der Waals surface area contributed by atoms with Gasteiger partial charge in [0.25, 0.3) is 5.91 Å². The van der Waals surface area contributed by atoms with Crippen LogP contribution in [-0.4, -0.2) is 22.6 Å². The first kappa shape index (κ1) is 17.0. The summed E-state index contributed by atoms with van der Waals surface area (Å²) in [5, 5.41) is 10.4. The molecule has 2 N–H and O–H groups in total. The molecule has 3 aromatic rings. The molecule has 0 radical (unpaired) electrons. The van der Waals surface area contributed by atoms with Gasteiger partial charge in [-0.2, -0.15) is 0 Å². The number of aromatic nitrogens is 2. The molecule has 0 atom stereocenters. The van der Waals surface area contributed by atoms with Gasteiger partial charge in [0.1, 0.15) is 5.76 Å². The second-order valence-electron chi connectivity index (χ2n) is 5.55. The van der Waals surface area contributed by atoms with Crippen LogP contribution in [0, 0.1) is 6.92 Å². The minimum absolute atomic E-state index is 0.292. The van der Waals surface area contributed by atoms with E-state index in [1.54, 1.807) is 25.3 Å². The fourth-order valence-corrected chi connectivity index (χ4v) is 2.53. The van der Waals surface area contributed by atoms with Gasteiger partial charge in [-0.1, -0.05) is 28.9 Å². The topological polar surface area (TPSA) is 80.0 Å². The van der Waals surface area contributed by atoms with Crippen LogP contribution in [0.3, 0.4) is 0 Å². The summed E-state index contributed by atoms with van der Waals surface area (Å²) in [5.41, 5.74) is 2.35. The highest BCUT2D eigenvalue weighted by Gasteiger charge is 2.10. The summed E-state index contributed by atoms with van der Waals surface area (Å²) in [4.78, 5) is 16.3. The summed E-state index contributed by atoms with van der Waals surface area (Å²) in [6.45, 7) is 2.46. The molecule has 0 aliphatic carbocycles. The van der Waals surface area contributed by atoms with Crippen LogP contribution in [-0.2, 0) is 6.42 Å². The molecule has 0 unspecified atom stereocenters. The molecule has 0 saturated heterocycles. The molecule has 7 heteroatoms. The largest absolute Gasteiger partial charge is 0.383 e. The number of aryl methyl sites for hydroxylation is 1. The Morgan fingerprint density at radius 1 is 1.24 bits per heavy atom. The van der Waals surface area contributed by atoms with E-state index < -0.39 is 0 Å². The molecule has 6 nitrogen and oxygen atoms in total. The maximum Gasteiger partial charge on any atom is 0.258 e. The molecular formula is C18H17ClN4O2. The Morgan fingerprint density at radius 2 is 2.12 bits per heavy atom. The molecule has 0 aliphatic heterocycles. The van der Waals surface area contributed by atoms with Gasteiger partial charge >= 0.3 is 0 Å². The van der Waals surface area contributed by atoms with Crippen LogP contribution < -0.4 is 10.6 Å². The number of nitrogens with one attached hydrogen (secondary N) is 2. The second-order valence-corrected chi connectivity index (χ2v) is 5.98. The van der Waals surface area contributed by atoms with E-state index in [4.69, 9.17) is 16.1 Å². The van der Waals surface area contributed by atoms with Crippen molar-refractivity contribution in [1.82, 2.24) is 10.1 Å². The van der Waals surface area contributed by atoms with E-state index >= 15 is 0 Å². The minimum atomic E-state index is -0.292. The zero-order valence-electron chi connectivity index (χ0n) is 13.6. The smallest absolute Gasteiger partial charge is 0.258 e. The maximum absolute atomic E-state index is 12.2. The first-order chi connectivity index (χ1) is 12.1. The van der Waals surface area contributed by atoms with Gasteiger partial charge in [-0.3, -0.25) is 9.78 Å². The van der Waals surface area contributed by atoms with Crippen LogP contribution >= 0.6 is 11.6 Å². The van der Waals surface area contributed by atoms with Crippen molar-refractivity contribution in [2.24, 2.45) is 0 Å². The van der Waals surface area contributed by atoms with E-state index in [2.05, 4.69) is 20.8 Å². The fraction of sp³-hybridized carbons (Fsp3) is 0.167. The Labute approximate surface area is 150 Å². The van der Waals surface area contributed by atoms with Gasteiger partial charge in [0.15, 0.2) is 5.82 Å². The molecule has 0 spiro atoms. The van der Waals surface area contributed by atoms with Crippen molar-refractivity contribution in [1.29, 1.82) is 0 Å². The van der Waals surface area contributed by atoms with Gasteiger partial charge in [-0.25, -0.2) is 0 Å². The van der Waals surface area contributed by atoms with Crippen molar-refractivity contribution in [2.75, 3.05) is 17.2 Å². The van der Waals surface area contributed by atoms with Gasteiger partial charge in [0, 0.05) is 30.0 Å². The number of nitrogens with zero attached hydrogens (tertiary/aromatic N) is 2. The number of pyridine rings is 1. The van der Waals surface area contributed by atoms with Crippen molar-refractivity contribution in [2.45, 2.75) is 13.3 Å². The number of carbonyl (C=O) groups is 1. The predicted molar refractivity (Wildman–Crippen MR) is 97.1 cm³/mol. The molecule has 128 valence electrons. The van der Waals surface area contributed by atoms with Gasteiger partial charge < -0.3 is 15.2 Å². The summed E-state index contributed by atoms with van der Waals surface area (Å²) in [5.74, 6) is 0.714. The predicted octanol–water partition coefficient (Wildman–Crippen LogP) is 3.94. The van der Waals surface area contributed by atoms with Crippen LogP contribution in [0.1, 0.15) is 21.7 Å². The zero-order valence-corrected chi connectivity index (χ0v) is 14.4. The van der Waals surface area contributed by atoms with Gasteiger partial charge in [0.05, 0.1) is 11.3 Å². The maximum atomic E-state index is 12.2. The quantitative estimate of drug-likeness (QED) is 0.699. The first-order valence-electron chi connectivity index (χ1n) is 7.78. The molecule has 0 aliphatic rings. The Bertz CT molecular complexity index is 879. The summed E-state index contributed by atoms with van der Waals surface area (Å²) in [6.07, 6.45) is 3.99. The number of benzene rings is 1. The Morgan fingerprint density at radius 3 is 2.88 bits per heavy atom. The van der Waals surface area contributed by atoms with E-state index in [9.17, 15) is 4.79 Å². The monoisotopic (exact) mass is 356 g/mol. The number of rotatable bonds is 6. The van der Waals surface area contributed by atoms with E-state index in [1.165, 1.54) is 6.20 Å². The van der Waals surface area contributed by atoms with Gasteiger partial charge in [-0.05, 0) is 37.1 Å². The van der Waals surface area contributed by atoms with E-state index in [-0.39, 0.29) is 5.91 Å². The highest BCUT2D eigenvalue weighted by molar-refractivity contribution is 6.30. The van der Waals surface area contributed by atoms with Crippen LogP contribution in [0.2, 0.25) is 5.02 Å². The fourth-order valence-electron chi connectivity index (χ4n) is 2.32. The minimum Gasteiger partial charge on any atom is -0.383 e. The molecule has 25 heavy (non-hydrogen) atoms. The van der Waals surface area contributed by atoms with Crippen LogP contribution in [0.25, 0.3) is 0 Å². The van der Waals surface area contributed by atoms with E-state index in [1.807, 2.05) is 24.3 Å². The number of halogens is 1. The average molecular weight is 357 g/mol. The van der Waals surface area contributed by atoms with Gasteiger partial charge in [-0.15, -0.1) is 0 Å². The highest BCUT2D eigenvalue weighted by Crippen LogP contribution is 2.14. The average Bonchev–Trinajstić information content (AvgIpc) is 3.00. The third-order valence-electron chi connectivity index (χ3n) is 3.50. The van der Waals surface area contributed by atoms with Crippen LogP contribution in [0.15, 0.2) is 53.3 Å². The number of hydrogen-bond donors (Lipinski definition) is 2. The highest BCUT2D eigenvalue weighted by atomic mass is 35.5. The molecule has 0 fully saturated rings. The molecule has 2 aromatic heterocycles. The summed E-state index contributed by atoms with van der Waals surface area (Å²) < 4.78 is 4.93. The lowest BCUT2D eigenvalue weighted by atomic mass is 10.1. The van der Waals surface area contributed by atoms with Crippen molar-refractivity contribution in [3.8, 4) is 0 Å². The molecule has 3 rings (SSSR count). The number of anilines is 2. The SMILES string of the molecule is Cc1cc(NC(=O)c2cncc(NCCc3cccc(Cl)c3)c2)no1. The Kier molecular flexibility index (Phi) is 5.30. The molecule has 2 heterocycles. The van der Waals surface area contributed by atoms with Crippen molar-refractivity contribution >= 4 is 29.0 Å². The molecule has 1 aromatic carbocycles. The summed E-state index contributed by atoms with van der Waals surface area (Å²) >= 11 is 5.98. The molecule has 0 saturated carbocycles. The standard InChI is InChI=1S/C18H17ClN4O2/c1-12-7-17(23-25-12)22-18(24)14-9-16(11-20-10-14)21-6-5-13-3-2-4-15(19)8-13/h2-4,7-11,21H,5-6H2,1H3,(H,22,23,24). The lowest BCUT2D eigenvalue weighted by molar-refractivity contribution is 0.102. The van der Waals surface area contributed by atoms with Crippen LogP contribution in [0.5, 0.6) is 0 Å². The van der Waals surface area contributed by atoms with Crippen molar-refractivity contribution in [3.05, 3.63) is 70.7 Å². The lowest BCUT2D eigenvalue weighted by Crippen LogP contribution is -2.13. The Hall–Kier alpha value is -2.86. The van der Waals surface area contributed by atoms with Crippen molar-refractivity contribution < 1.29 is 9.32 Å². The summed E-state index contributed by atoms with van der Waals surface area (Å²) in [7, 11) is 0. The number of carbonyl (C=O) groups excluding carboxylic acids is 1. The molecule has 0 bridgehead atoms. The van der Waals surface area contributed by atoms with E-state index in [0.29, 0.717) is 23.7 Å². The number of hydrogen-bond acceptors (Lipinski definition) is 5. The van der Waals surface area contributed by atoms with Crippen molar-refractivity contribution in [3.63, 3.8) is 0 Å². The summed E-state index contributed by atoms with van der Waals surface area (Å²) in [6, 6.07) is 11.1. The lowest BCUT2D eigenvalue weighted by Gasteiger charge is -2.08. The Balaban J connectivity index is 1.58. The van der Waals surface area contributed by atoms with Crippen LogP contribution in [0.4, 0.5) is 11.5 Å². The van der Waals surface area contributed by atoms with Gasteiger partial charge in [0.2, 0.25) is 0 Å². The third-order valence-corrected chi connectivity index (χ3v) is 3.74. The van der Waals surface area contributed by atoms with E-state index in [0.717, 1.165) is 22.7 Å². The molecular weight excluding hydrogens is 340 g/mol. The number of amides is 1. The zero-order chi connectivity index (χ0) is 17.6. The normalized spacial score (nSPS) is 10.5. The first-order valence-corrected chi connectivity index (χ1v) is 8.16. The third kappa shape index (κ3) is 4.81. The molecule has 1 amide bonds. The second kappa shape index (κ2) is 7.81.